The quantitative estimate of drug-likeness (QED) is 0.714. The second-order valence-corrected chi connectivity index (χ2v) is 4.59. The Morgan fingerprint density at radius 3 is 2.28 bits per heavy atom. The highest BCUT2D eigenvalue weighted by molar-refractivity contribution is 5.53. The minimum absolute atomic E-state index is 1.01. The molecular formula is C18H20. The van der Waals surface area contributed by atoms with Crippen LogP contribution in [-0.2, 0) is 12.8 Å². The molecule has 0 atom stereocenters. The highest BCUT2D eigenvalue weighted by atomic mass is 14.0. The zero-order chi connectivity index (χ0) is 12.8. The van der Waals surface area contributed by atoms with E-state index in [1.807, 2.05) is 0 Å². The Kier molecular flexibility index (Phi) is 4.35. The van der Waals surface area contributed by atoms with Crippen LogP contribution in [0.4, 0.5) is 0 Å². The van der Waals surface area contributed by atoms with Crippen molar-refractivity contribution in [3.63, 3.8) is 0 Å². The molecule has 18 heavy (non-hydrogen) atoms. The van der Waals surface area contributed by atoms with Gasteiger partial charge in [-0.2, -0.15) is 0 Å². The van der Waals surface area contributed by atoms with Gasteiger partial charge in [-0.05, 0) is 42.0 Å². The van der Waals surface area contributed by atoms with Crippen LogP contribution in [0.1, 0.15) is 29.2 Å². The molecule has 0 radical (unpaired) electrons. The van der Waals surface area contributed by atoms with Crippen LogP contribution >= 0.6 is 0 Å². The second kappa shape index (κ2) is 6.20. The van der Waals surface area contributed by atoms with Gasteiger partial charge in [0, 0.05) is 0 Å². The SMILES string of the molecule is CCc1ccccc1CC=Cc1ccccc1C. The fraction of sp³-hybridized carbons (Fsp3) is 0.222. The third-order valence-electron chi connectivity index (χ3n) is 3.32. The maximum atomic E-state index is 2.26. The Morgan fingerprint density at radius 1 is 0.889 bits per heavy atom. The second-order valence-electron chi connectivity index (χ2n) is 4.59. The van der Waals surface area contributed by atoms with E-state index < -0.39 is 0 Å². The van der Waals surface area contributed by atoms with Crippen molar-refractivity contribution in [3.05, 3.63) is 76.9 Å². The standard InChI is InChI=1S/C18H20/c1-3-16-10-6-7-12-18(16)14-8-13-17-11-5-4-9-15(17)2/h4-13H,3,14H2,1-2H3. The Balaban J connectivity index is 2.10. The fourth-order valence-electron chi connectivity index (χ4n) is 2.19. The van der Waals surface area contributed by atoms with Crippen LogP contribution in [0, 0.1) is 6.92 Å². The fourth-order valence-corrected chi connectivity index (χ4v) is 2.19. The Morgan fingerprint density at radius 2 is 1.56 bits per heavy atom. The maximum absolute atomic E-state index is 2.26. The summed E-state index contributed by atoms with van der Waals surface area (Å²) in [6.07, 6.45) is 6.60. The van der Waals surface area contributed by atoms with Gasteiger partial charge in [0.15, 0.2) is 0 Å². The van der Waals surface area contributed by atoms with E-state index in [1.54, 1.807) is 0 Å². The molecule has 0 bridgehead atoms. The molecule has 0 amide bonds. The first-order valence-corrected chi connectivity index (χ1v) is 6.60. The summed E-state index contributed by atoms with van der Waals surface area (Å²) in [5.74, 6) is 0. The molecule has 2 rings (SSSR count). The van der Waals surface area contributed by atoms with E-state index in [0.29, 0.717) is 0 Å². The summed E-state index contributed by atoms with van der Waals surface area (Å²) in [6.45, 7) is 4.36. The molecule has 0 nitrogen and oxygen atoms in total. The van der Waals surface area contributed by atoms with Crippen LogP contribution in [0.15, 0.2) is 54.6 Å². The van der Waals surface area contributed by atoms with Crippen molar-refractivity contribution < 1.29 is 0 Å². The molecule has 0 aliphatic rings. The van der Waals surface area contributed by atoms with Crippen molar-refractivity contribution in [1.29, 1.82) is 0 Å². The largest absolute Gasteiger partial charge is 0.0795 e. The zero-order valence-electron chi connectivity index (χ0n) is 11.2. The van der Waals surface area contributed by atoms with Gasteiger partial charge in [-0.25, -0.2) is 0 Å². The molecule has 0 saturated heterocycles. The van der Waals surface area contributed by atoms with Gasteiger partial charge in [-0.3, -0.25) is 0 Å². The molecule has 0 aromatic heterocycles. The molecule has 0 heteroatoms. The minimum atomic E-state index is 1.01. The lowest BCUT2D eigenvalue weighted by atomic mass is 10.0. The predicted octanol–water partition coefficient (Wildman–Crippen LogP) is 4.81. The zero-order valence-corrected chi connectivity index (χ0v) is 11.2. The monoisotopic (exact) mass is 236 g/mol. The first kappa shape index (κ1) is 12.6. The third-order valence-corrected chi connectivity index (χ3v) is 3.32. The molecule has 2 aromatic rings. The average Bonchev–Trinajstić information content (AvgIpc) is 2.41. The Hall–Kier alpha value is -1.82. The van der Waals surface area contributed by atoms with E-state index >= 15 is 0 Å². The van der Waals surface area contributed by atoms with Crippen molar-refractivity contribution in [1.82, 2.24) is 0 Å². The van der Waals surface area contributed by atoms with Crippen molar-refractivity contribution in [2.75, 3.05) is 0 Å². The van der Waals surface area contributed by atoms with Crippen LogP contribution in [0.2, 0.25) is 0 Å². The lowest BCUT2D eigenvalue weighted by Crippen LogP contribution is -1.90. The molecular weight excluding hydrogens is 216 g/mol. The summed E-state index contributed by atoms with van der Waals surface area (Å²) in [5.41, 5.74) is 5.53. The molecule has 0 heterocycles. The van der Waals surface area contributed by atoms with Crippen molar-refractivity contribution in [3.8, 4) is 0 Å². The Bertz CT molecular complexity index is 535. The van der Waals surface area contributed by atoms with Crippen LogP contribution in [0.3, 0.4) is 0 Å². The van der Waals surface area contributed by atoms with Crippen molar-refractivity contribution in [2.24, 2.45) is 0 Å². The summed E-state index contributed by atoms with van der Waals surface area (Å²) in [6, 6.07) is 17.2. The minimum Gasteiger partial charge on any atom is -0.0795 e. The van der Waals surface area contributed by atoms with Gasteiger partial charge in [-0.1, -0.05) is 67.6 Å². The maximum Gasteiger partial charge on any atom is -0.00914 e. The summed E-state index contributed by atoms with van der Waals surface area (Å²) in [4.78, 5) is 0. The molecule has 2 aromatic carbocycles. The van der Waals surface area contributed by atoms with E-state index in [9.17, 15) is 0 Å². The average molecular weight is 236 g/mol. The third kappa shape index (κ3) is 3.10. The number of allylic oxidation sites excluding steroid dienone is 1. The first-order valence-electron chi connectivity index (χ1n) is 6.60. The van der Waals surface area contributed by atoms with Crippen LogP contribution < -0.4 is 0 Å². The first-order chi connectivity index (χ1) is 8.81. The molecule has 0 unspecified atom stereocenters. The molecule has 0 saturated carbocycles. The number of benzene rings is 2. The lowest BCUT2D eigenvalue weighted by molar-refractivity contribution is 1.08. The van der Waals surface area contributed by atoms with E-state index in [-0.39, 0.29) is 0 Å². The number of rotatable bonds is 4. The number of aryl methyl sites for hydroxylation is 2. The molecule has 0 aliphatic carbocycles. The lowest BCUT2D eigenvalue weighted by Gasteiger charge is -2.04. The van der Waals surface area contributed by atoms with Crippen LogP contribution in [-0.4, -0.2) is 0 Å². The number of hydrogen-bond donors (Lipinski definition) is 0. The number of hydrogen-bond acceptors (Lipinski definition) is 0. The van der Waals surface area contributed by atoms with E-state index in [2.05, 4.69) is 74.5 Å². The molecule has 0 fully saturated rings. The Labute approximate surface area is 110 Å². The summed E-state index contributed by atoms with van der Waals surface area (Å²) >= 11 is 0. The smallest absolute Gasteiger partial charge is 0.00914 e. The molecule has 0 aliphatic heterocycles. The van der Waals surface area contributed by atoms with E-state index in [4.69, 9.17) is 0 Å². The normalized spacial score (nSPS) is 11.0. The van der Waals surface area contributed by atoms with Crippen molar-refractivity contribution >= 4 is 6.08 Å². The summed E-state index contributed by atoms with van der Waals surface area (Å²) in [7, 11) is 0. The van der Waals surface area contributed by atoms with Gasteiger partial charge >= 0.3 is 0 Å². The van der Waals surface area contributed by atoms with E-state index in [1.165, 1.54) is 22.3 Å². The van der Waals surface area contributed by atoms with Gasteiger partial charge in [0.05, 0.1) is 0 Å². The van der Waals surface area contributed by atoms with Gasteiger partial charge in [0.2, 0.25) is 0 Å². The van der Waals surface area contributed by atoms with E-state index in [0.717, 1.165) is 12.8 Å². The van der Waals surface area contributed by atoms with Gasteiger partial charge in [0.25, 0.3) is 0 Å². The summed E-state index contributed by atoms with van der Waals surface area (Å²) < 4.78 is 0. The van der Waals surface area contributed by atoms with Crippen LogP contribution in [0.5, 0.6) is 0 Å². The highest BCUT2D eigenvalue weighted by Crippen LogP contribution is 2.13. The molecule has 92 valence electrons. The van der Waals surface area contributed by atoms with Crippen LogP contribution in [0.25, 0.3) is 6.08 Å². The predicted molar refractivity (Wildman–Crippen MR) is 79.7 cm³/mol. The van der Waals surface area contributed by atoms with Gasteiger partial charge in [-0.15, -0.1) is 0 Å². The summed E-state index contributed by atoms with van der Waals surface area (Å²) in [5, 5.41) is 0. The van der Waals surface area contributed by atoms with Gasteiger partial charge in [0.1, 0.15) is 0 Å². The molecule has 0 spiro atoms. The van der Waals surface area contributed by atoms with Gasteiger partial charge < -0.3 is 0 Å². The highest BCUT2D eigenvalue weighted by Gasteiger charge is 1.97. The molecule has 0 N–H and O–H groups in total. The topological polar surface area (TPSA) is 0 Å². The van der Waals surface area contributed by atoms with Crippen molar-refractivity contribution in [2.45, 2.75) is 26.7 Å².